The van der Waals surface area contributed by atoms with E-state index in [-0.39, 0.29) is 0 Å². The summed E-state index contributed by atoms with van der Waals surface area (Å²) >= 11 is 0. The minimum Gasteiger partial charge on any atom is -0.462 e. The van der Waals surface area contributed by atoms with Crippen molar-refractivity contribution in [1.82, 2.24) is 0 Å². The van der Waals surface area contributed by atoms with Gasteiger partial charge in [-0.2, -0.15) is 0 Å². The van der Waals surface area contributed by atoms with Crippen LogP contribution in [0.25, 0.3) is 45.8 Å². The lowest BCUT2D eigenvalue weighted by Crippen LogP contribution is -1.88. The Hall–Kier alpha value is -3.78. The van der Waals surface area contributed by atoms with E-state index in [9.17, 15) is 0 Å². The molecule has 0 radical (unpaired) electrons. The Kier molecular flexibility index (Phi) is 5.51. The van der Waals surface area contributed by atoms with Crippen LogP contribution in [-0.2, 0) is 12.8 Å². The molecule has 0 N–H and O–H groups in total. The first-order valence-electron chi connectivity index (χ1n) is 11.2. The van der Waals surface area contributed by atoms with E-state index < -0.39 is 0 Å². The van der Waals surface area contributed by atoms with E-state index in [4.69, 9.17) is 8.83 Å². The molecule has 0 aliphatic heterocycles. The molecule has 0 unspecified atom stereocenters. The number of benzene rings is 3. The summed E-state index contributed by atoms with van der Waals surface area (Å²) in [7, 11) is 0. The summed E-state index contributed by atoms with van der Waals surface area (Å²) in [6.45, 7) is 4.21. The maximum atomic E-state index is 5.89. The highest BCUT2D eigenvalue weighted by molar-refractivity contribution is 6.14. The summed E-state index contributed by atoms with van der Waals surface area (Å²) in [6.07, 6.45) is 10.3. The molecule has 2 heteroatoms. The molecule has 2 heterocycles. The molecule has 0 bridgehead atoms. The second kappa shape index (κ2) is 8.76. The smallest absolute Gasteiger partial charge is 0.127 e. The van der Waals surface area contributed by atoms with Gasteiger partial charge in [0.2, 0.25) is 0 Å². The number of fused-ring (bicyclic) bond motifs is 2. The molecule has 0 amide bonds. The van der Waals surface area contributed by atoms with Crippen molar-refractivity contribution >= 4 is 45.8 Å². The molecule has 0 fully saturated rings. The summed E-state index contributed by atoms with van der Waals surface area (Å²) < 4.78 is 11.8. The fraction of sp³-hybridized carbons (Fsp3) is 0.133. The molecule has 0 aliphatic carbocycles. The van der Waals surface area contributed by atoms with Gasteiger partial charge in [0.15, 0.2) is 0 Å². The Morgan fingerprint density at radius 2 is 0.875 bits per heavy atom. The third-order valence-electron chi connectivity index (χ3n) is 5.91. The van der Waals surface area contributed by atoms with Crippen LogP contribution in [-0.4, -0.2) is 0 Å². The Bertz CT molecular complexity index is 1280. The van der Waals surface area contributed by atoms with E-state index in [1.54, 1.807) is 0 Å². The first-order valence-corrected chi connectivity index (χ1v) is 11.2. The third kappa shape index (κ3) is 3.80. The minimum absolute atomic E-state index is 0.878. The largest absolute Gasteiger partial charge is 0.462 e. The van der Waals surface area contributed by atoms with E-state index in [2.05, 4.69) is 86.7 Å². The topological polar surface area (TPSA) is 26.3 Å². The summed E-state index contributed by atoms with van der Waals surface area (Å²) in [5, 5.41) is 4.88. The molecule has 32 heavy (non-hydrogen) atoms. The summed E-state index contributed by atoms with van der Waals surface area (Å²) in [5.41, 5.74) is 2.41. The Balaban J connectivity index is 1.68. The SMILES string of the molecule is CCc1ccc(C=Cc2c3ccccc3c(C=Cc3ccc(CC)o3)c3ccccc23)o1. The van der Waals surface area contributed by atoms with Crippen LogP contribution in [0.5, 0.6) is 0 Å². The Morgan fingerprint density at radius 3 is 1.19 bits per heavy atom. The molecular weight excluding hydrogens is 392 g/mol. The fourth-order valence-electron chi connectivity index (χ4n) is 4.23. The predicted octanol–water partition coefficient (Wildman–Crippen LogP) is 8.64. The lowest BCUT2D eigenvalue weighted by atomic mass is 9.91. The molecule has 158 valence electrons. The first kappa shape index (κ1) is 20.1. The van der Waals surface area contributed by atoms with Crippen LogP contribution in [0.1, 0.15) is 48.0 Å². The van der Waals surface area contributed by atoms with Gasteiger partial charge in [-0.25, -0.2) is 0 Å². The molecule has 0 spiro atoms. The quantitative estimate of drug-likeness (QED) is 0.258. The fourth-order valence-corrected chi connectivity index (χ4v) is 4.23. The van der Waals surface area contributed by atoms with Crippen LogP contribution in [0.3, 0.4) is 0 Å². The van der Waals surface area contributed by atoms with Gasteiger partial charge in [0.1, 0.15) is 23.0 Å². The third-order valence-corrected chi connectivity index (χ3v) is 5.91. The zero-order valence-corrected chi connectivity index (χ0v) is 18.5. The van der Waals surface area contributed by atoms with Gasteiger partial charge in [-0.05, 0) is 69.1 Å². The second-order valence-electron chi connectivity index (χ2n) is 7.90. The number of hydrogen-bond acceptors (Lipinski definition) is 2. The summed E-state index contributed by atoms with van der Waals surface area (Å²) in [5.74, 6) is 3.76. The van der Waals surface area contributed by atoms with Crippen LogP contribution in [0.2, 0.25) is 0 Å². The highest BCUT2D eigenvalue weighted by Gasteiger charge is 2.11. The highest BCUT2D eigenvalue weighted by atomic mass is 16.3. The van der Waals surface area contributed by atoms with Crippen molar-refractivity contribution in [2.75, 3.05) is 0 Å². The van der Waals surface area contributed by atoms with Gasteiger partial charge >= 0.3 is 0 Å². The van der Waals surface area contributed by atoms with Gasteiger partial charge in [0.05, 0.1) is 0 Å². The minimum atomic E-state index is 0.878. The van der Waals surface area contributed by atoms with Gasteiger partial charge < -0.3 is 8.83 Å². The molecule has 3 aromatic carbocycles. The molecule has 0 atom stereocenters. The lowest BCUT2D eigenvalue weighted by molar-refractivity contribution is 0.507. The summed E-state index contributed by atoms with van der Waals surface area (Å²) in [4.78, 5) is 0. The summed E-state index contributed by atoms with van der Waals surface area (Å²) in [6, 6.07) is 25.3. The Labute approximate surface area is 188 Å². The van der Waals surface area contributed by atoms with Crippen LogP contribution in [0, 0.1) is 0 Å². The maximum absolute atomic E-state index is 5.89. The van der Waals surface area contributed by atoms with Crippen molar-refractivity contribution in [2.24, 2.45) is 0 Å². The number of hydrogen-bond donors (Lipinski definition) is 0. The first-order chi connectivity index (χ1) is 15.8. The molecular formula is C30H26O2. The van der Waals surface area contributed by atoms with Crippen LogP contribution < -0.4 is 0 Å². The molecule has 5 aromatic rings. The van der Waals surface area contributed by atoms with Gasteiger partial charge in [-0.3, -0.25) is 0 Å². The second-order valence-corrected chi connectivity index (χ2v) is 7.90. The van der Waals surface area contributed by atoms with E-state index in [0.717, 1.165) is 35.9 Å². The molecule has 0 saturated carbocycles. The van der Waals surface area contributed by atoms with Crippen molar-refractivity contribution < 1.29 is 8.83 Å². The zero-order chi connectivity index (χ0) is 21.9. The van der Waals surface area contributed by atoms with E-state index in [0.29, 0.717) is 0 Å². The van der Waals surface area contributed by atoms with Crippen LogP contribution in [0.4, 0.5) is 0 Å². The predicted molar refractivity (Wildman–Crippen MR) is 135 cm³/mol. The van der Waals surface area contributed by atoms with Crippen molar-refractivity contribution in [3.63, 3.8) is 0 Å². The van der Waals surface area contributed by atoms with Crippen molar-refractivity contribution in [3.05, 3.63) is 107 Å². The van der Waals surface area contributed by atoms with Crippen molar-refractivity contribution in [1.29, 1.82) is 0 Å². The average Bonchev–Trinajstić information content (AvgIpc) is 3.50. The highest BCUT2D eigenvalue weighted by Crippen LogP contribution is 2.35. The number of rotatable bonds is 6. The van der Waals surface area contributed by atoms with E-state index >= 15 is 0 Å². The van der Waals surface area contributed by atoms with Crippen LogP contribution in [0.15, 0.2) is 81.6 Å². The van der Waals surface area contributed by atoms with Gasteiger partial charge in [-0.15, -0.1) is 0 Å². The van der Waals surface area contributed by atoms with Crippen LogP contribution >= 0.6 is 0 Å². The van der Waals surface area contributed by atoms with E-state index in [1.807, 2.05) is 24.3 Å². The Morgan fingerprint density at radius 1 is 0.500 bits per heavy atom. The number of furan rings is 2. The standard InChI is InChI=1S/C30H26O2/c1-3-21-13-15-23(31-21)17-19-29-25-9-5-7-11-27(25)30(28-12-8-6-10-26(28)29)20-18-24-16-14-22(4-2)32-24/h5-20H,3-4H2,1-2H3. The number of aryl methyl sites for hydroxylation is 2. The average molecular weight is 419 g/mol. The normalized spacial score (nSPS) is 12.1. The molecule has 5 rings (SSSR count). The lowest BCUT2D eigenvalue weighted by Gasteiger charge is -2.13. The van der Waals surface area contributed by atoms with Crippen molar-refractivity contribution in [3.8, 4) is 0 Å². The zero-order valence-electron chi connectivity index (χ0n) is 18.5. The molecule has 2 aromatic heterocycles. The van der Waals surface area contributed by atoms with Crippen molar-refractivity contribution in [2.45, 2.75) is 26.7 Å². The van der Waals surface area contributed by atoms with Gasteiger partial charge in [0.25, 0.3) is 0 Å². The molecule has 2 nitrogen and oxygen atoms in total. The molecule has 0 aliphatic rings. The van der Waals surface area contributed by atoms with Gasteiger partial charge in [-0.1, -0.05) is 74.5 Å². The van der Waals surface area contributed by atoms with E-state index in [1.165, 1.54) is 32.7 Å². The molecule has 0 saturated heterocycles. The maximum Gasteiger partial charge on any atom is 0.127 e. The van der Waals surface area contributed by atoms with Gasteiger partial charge in [0, 0.05) is 12.8 Å². The monoisotopic (exact) mass is 418 g/mol.